The van der Waals surface area contributed by atoms with E-state index in [-0.39, 0.29) is 6.42 Å². The van der Waals surface area contributed by atoms with Crippen molar-refractivity contribution < 1.29 is 18.3 Å². The number of carbonyl (C=O) groups is 1. The molecule has 0 radical (unpaired) electrons. The fraction of sp³-hybridized carbons (Fsp3) is 0.130. The van der Waals surface area contributed by atoms with Crippen LogP contribution in [0.1, 0.15) is 12.0 Å². The minimum atomic E-state index is -3.22. The number of rotatable bonds is 6. The topological polar surface area (TPSA) is 88.7 Å². The van der Waals surface area contributed by atoms with Gasteiger partial charge in [0.1, 0.15) is 5.65 Å². The molecule has 0 aliphatic heterocycles. The Labute approximate surface area is 174 Å². The number of aromatic nitrogens is 2. The number of hydrogen-bond acceptors (Lipinski definition) is 4. The SMILES string of the molecule is CS(=O)(=O)c1ccc(-c2ccn3c(-c4ccc(CCC(=O)O)cc4)cnc3c2)cc1. The molecule has 2 heterocycles. The van der Waals surface area contributed by atoms with Gasteiger partial charge in [0, 0.05) is 24.4 Å². The Balaban J connectivity index is 1.62. The van der Waals surface area contributed by atoms with Crippen LogP contribution in [0, 0.1) is 0 Å². The molecule has 30 heavy (non-hydrogen) atoms. The lowest BCUT2D eigenvalue weighted by Crippen LogP contribution is -1.97. The minimum Gasteiger partial charge on any atom is -0.481 e. The van der Waals surface area contributed by atoms with Crippen LogP contribution < -0.4 is 0 Å². The molecule has 152 valence electrons. The summed E-state index contributed by atoms with van der Waals surface area (Å²) in [6.07, 6.45) is 5.56. The number of aryl methyl sites for hydroxylation is 1. The van der Waals surface area contributed by atoms with E-state index in [9.17, 15) is 13.2 Å². The maximum absolute atomic E-state index is 11.6. The summed E-state index contributed by atoms with van der Waals surface area (Å²) in [6.45, 7) is 0. The average molecular weight is 420 g/mol. The highest BCUT2D eigenvalue weighted by Gasteiger charge is 2.10. The molecule has 2 aromatic carbocycles. The van der Waals surface area contributed by atoms with E-state index in [1.54, 1.807) is 30.5 Å². The number of imidazole rings is 1. The number of fused-ring (bicyclic) bond motifs is 1. The second-order valence-corrected chi connectivity index (χ2v) is 9.19. The van der Waals surface area contributed by atoms with Crippen LogP contribution in [0.5, 0.6) is 0 Å². The van der Waals surface area contributed by atoms with Gasteiger partial charge in [-0.25, -0.2) is 13.4 Å². The molecule has 0 bridgehead atoms. The second-order valence-electron chi connectivity index (χ2n) is 7.17. The first-order valence-corrected chi connectivity index (χ1v) is 11.3. The lowest BCUT2D eigenvalue weighted by Gasteiger charge is -2.07. The average Bonchev–Trinajstić information content (AvgIpc) is 3.15. The van der Waals surface area contributed by atoms with Gasteiger partial charge in [-0.2, -0.15) is 0 Å². The first kappa shape index (κ1) is 19.8. The normalized spacial score (nSPS) is 11.6. The molecule has 4 rings (SSSR count). The molecule has 4 aromatic rings. The fourth-order valence-corrected chi connectivity index (χ4v) is 3.99. The first-order chi connectivity index (χ1) is 14.3. The van der Waals surface area contributed by atoms with Crippen molar-refractivity contribution in [3.63, 3.8) is 0 Å². The third-order valence-electron chi connectivity index (χ3n) is 5.01. The molecule has 1 N–H and O–H groups in total. The number of hydrogen-bond donors (Lipinski definition) is 1. The molecular formula is C23H20N2O4S. The standard InChI is InChI=1S/C23H20N2O4S/c1-30(28,29)20-9-7-17(8-10-20)19-12-13-25-21(15-24-22(25)14-19)18-5-2-16(3-6-18)4-11-23(26)27/h2-3,5-10,12-15H,4,11H2,1H3,(H,26,27). The van der Waals surface area contributed by atoms with Crippen molar-refractivity contribution in [2.45, 2.75) is 17.7 Å². The van der Waals surface area contributed by atoms with Gasteiger partial charge in [-0.1, -0.05) is 36.4 Å². The van der Waals surface area contributed by atoms with E-state index in [4.69, 9.17) is 5.11 Å². The summed E-state index contributed by atoms with van der Waals surface area (Å²) < 4.78 is 25.3. The lowest BCUT2D eigenvalue weighted by atomic mass is 10.1. The summed E-state index contributed by atoms with van der Waals surface area (Å²) in [5, 5.41) is 8.81. The predicted octanol–water partition coefficient (Wildman–Crippen LogP) is 4.09. The monoisotopic (exact) mass is 420 g/mol. The van der Waals surface area contributed by atoms with Gasteiger partial charge in [-0.15, -0.1) is 0 Å². The summed E-state index contributed by atoms with van der Waals surface area (Å²) in [5.74, 6) is -0.803. The van der Waals surface area contributed by atoms with Crippen LogP contribution in [0.25, 0.3) is 28.0 Å². The quantitative estimate of drug-likeness (QED) is 0.508. The molecule has 6 nitrogen and oxygen atoms in total. The Kier molecular flexibility index (Phi) is 5.13. The zero-order valence-electron chi connectivity index (χ0n) is 16.3. The van der Waals surface area contributed by atoms with Crippen molar-refractivity contribution in [1.29, 1.82) is 0 Å². The maximum Gasteiger partial charge on any atom is 0.303 e. The van der Waals surface area contributed by atoms with Gasteiger partial charge < -0.3 is 5.11 Å². The molecule has 7 heteroatoms. The highest BCUT2D eigenvalue weighted by Crippen LogP contribution is 2.26. The van der Waals surface area contributed by atoms with E-state index in [0.717, 1.165) is 33.6 Å². The Morgan fingerprint density at radius 1 is 0.967 bits per heavy atom. The van der Waals surface area contributed by atoms with Crippen molar-refractivity contribution in [2.24, 2.45) is 0 Å². The van der Waals surface area contributed by atoms with E-state index in [1.807, 2.05) is 47.0 Å². The minimum absolute atomic E-state index is 0.114. The molecule has 0 saturated heterocycles. The van der Waals surface area contributed by atoms with E-state index in [1.165, 1.54) is 6.26 Å². The van der Waals surface area contributed by atoms with Crippen LogP contribution in [-0.4, -0.2) is 35.1 Å². The van der Waals surface area contributed by atoms with Gasteiger partial charge >= 0.3 is 5.97 Å². The van der Waals surface area contributed by atoms with Crippen LogP contribution in [0.2, 0.25) is 0 Å². The van der Waals surface area contributed by atoms with Crippen LogP contribution in [0.3, 0.4) is 0 Å². The van der Waals surface area contributed by atoms with Gasteiger partial charge in [-0.05, 0) is 47.4 Å². The van der Waals surface area contributed by atoms with E-state index in [0.29, 0.717) is 11.3 Å². The third-order valence-corrected chi connectivity index (χ3v) is 6.13. The third kappa shape index (κ3) is 4.11. The van der Waals surface area contributed by atoms with Crippen molar-refractivity contribution in [3.8, 4) is 22.4 Å². The zero-order valence-corrected chi connectivity index (χ0v) is 17.1. The number of nitrogens with zero attached hydrogens (tertiary/aromatic N) is 2. The molecule has 0 unspecified atom stereocenters. The number of carboxylic acids is 1. The van der Waals surface area contributed by atoms with Gasteiger partial charge in [0.2, 0.25) is 0 Å². The number of pyridine rings is 1. The van der Waals surface area contributed by atoms with Gasteiger partial charge in [-0.3, -0.25) is 9.20 Å². The summed E-state index contributed by atoms with van der Waals surface area (Å²) >= 11 is 0. The van der Waals surface area contributed by atoms with Crippen LogP contribution in [-0.2, 0) is 21.1 Å². The highest BCUT2D eigenvalue weighted by molar-refractivity contribution is 7.90. The van der Waals surface area contributed by atoms with E-state index >= 15 is 0 Å². The summed E-state index contributed by atoms with van der Waals surface area (Å²) in [6, 6.07) is 18.6. The fourth-order valence-electron chi connectivity index (χ4n) is 3.36. The molecule has 2 aromatic heterocycles. The number of benzene rings is 2. The highest BCUT2D eigenvalue weighted by atomic mass is 32.2. The lowest BCUT2D eigenvalue weighted by molar-refractivity contribution is -0.136. The van der Waals surface area contributed by atoms with Crippen molar-refractivity contribution >= 4 is 21.5 Å². The first-order valence-electron chi connectivity index (χ1n) is 9.40. The molecule has 0 atom stereocenters. The molecule has 0 amide bonds. The Morgan fingerprint density at radius 2 is 1.63 bits per heavy atom. The zero-order chi connectivity index (χ0) is 21.3. The Hall–Kier alpha value is -3.45. The number of sulfone groups is 1. The maximum atomic E-state index is 11.6. The molecule has 0 aliphatic rings. The molecule has 0 saturated carbocycles. The molecule has 0 fully saturated rings. The van der Waals surface area contributed by atoms with Gasteiger partial charge in [0.05, 0.1) is 16.8 Å². The molecule has 0 spiro atoms. The molecular weight excluding hydrogens is 400 g/mol. The summed E-state index contributed by atoms with van der Waals surface area (Å²) in [4.78, 5) is 15.5. The van der Waals surface area contributed by atoms with Crippen LogP contribution in [0.15, 0.2) is 78.0 Å². The predicted molar refractivity (Wildman–Crippen MR) is 115 cm³/mol. The van der Waals surface area contributed by atoms with Crippen LogP contribution in [0.4, 0.5) is 0 Å². The second kappa shape index (κ2) is 7.76. The van der Waals surface area contributed by atoms with Crippen molar-refractivity contribution in [2.75, 3.05) is 6.26 Å². The van der Waals surface area contributed by atoms with Gasteiger partial charge in [0.15, 0.2) is 9.84 Å². The number of carboxylic acid groups (broad SMARTS) is 1. The van der Waals surface area contributed by atoms with E-state index < -0.39 is 15.8 Å². The van der Waals surface area contributed by atoms with E-state index in [2.05, 4.69) is 4.98 Å². The van der Waals surface area contributed by atoms with Crippen molar-refractivity contribution in [1.82, 2.24) is 9.38 Å². The summed E-state index contributed by atoms with van der Waals surface area (Å²) in [5.41, 5.74) is 5.56. The summed E-state index contributed by atoms with van der Waals surface area (Å²) in [7, 11) is -3.22. The van der Waals surface area contributed by atoms with Crippen molar-refractivity contribution in [3.05, 3.63) is 78.6 Å². The largest absolute Gasteiger partial charge is 0.481 e. The Bertz CT molecular complexity index is 1320. The van der Waals surface area contributed by atoms with Crippen LogP contribution >= 0.6 is 0 Å². The Morgan fingerprint density at radius 3 is 2.27 bits per heavy atom. The number of aliphatic carboxylic acids is 1. The van der Waals surface area contributed by atoms with Gasteiger partial charge in [0.25, 0.3) is 0 Å². The smallest absolute Gasteiger partial charge is 0.303 e. The molecule has 0 aliphatic carbocycles.